The van der Waals surface area contributed by atoms with Crippen molar-refractivity contribution >= 4 is 11.6 Å². The molecule has 0 fully saturated rings. The van der Waals surface area contributed by atoms with Gasteiger partial charge in [-0.1, -0.05) is 0 Å². The van der Waals surface area contributed by atoms with E-state index < -0.39 is 0 Å². The first-order valence-corrected chi connectivity index (χ1v) is 5.13. The number of carbonyl (C=O) groups is 1. The number of rotatable bonds is 5. The number of aromatic nitrogens is 5. The topological polar surface area (TPSA) is 115 Å². The molecule has 1 amide bonds. The zero-order valence-corrected chi connectivity index (χ0v) is 9.13. The van der Waals surface area contributed by atoms with Gasteiger partial charge in [-0.25, -0.2) is 4.98 Å². The SMILES string of the molecule is Nc1cnn(CC(=O)NCCc2ncn[nH]2)c1. The summed E-state index contributed by atoms with van der Waals surface area (Å²) in [6.45, 7) is 0.665. The number of nitrogen functional groups attached to an aromatic ring is 1. The lowest BCUT2D eigenvalue weighted by Crippen LogP contribution is -2.29. The number of aromatic amines is 1. The molecule has 0 bridgehead atoms. The van der Waals surface area contributed by atoms with E-state index in [0.29, 0.717) is 18.7 Å². The molecular weight excluding hydrogens is 222 g/mol. The lowest BCUT2D eigenvalue weighted by Gasteiger charge is -2.03. The molecule has 0 saturated heterocycles. The molecule has 90 valence electrons. The molecule has 2 rings (SSSR count). The van der Waals surface area contributed by atoms with Gasteiger partial charge in [0.25, 0.3) is 0 Å². The highest BCUT2D eigenvalue weighted by Gasteiger charge is 2.03. The van der Waals surface area contributed by atoms with Gasteiger partial charge in [-0.15, -0.1) is 0 Å². The summed E-state index contributed by atoms with van der Waals surface area (Å²) in [5.74, 6) is 0.626. The summed E-state index contributed by atoms with van der Waals surface area (Å²) in [5, 5.41) is 13.1. The molecule has 2 aromatic rings. The number of nitrogens with zero attached hydrogens (tertiary/aromatic N) is 4. The lowest BCUT2D eigenvalue weighted by atomic mass is 10.4. The van der Waals surface area contributed by atoms with Crippen molar-refractivity contribution in [3.05, 3.63) is 24.5 Å². The summed E-state index contributed by atoms with van der Waals surface area (Å²) >= 11 is 0. The average molecular weight is 235 g/mol. The summed E-state index contributed by atoms with van der Waals surface area (Å²) in [5.41, 5.74) is 6.03. The summed E-state index contributed by atoms with van der Waals surface area (Å²) < 4.78 is 1.49. The molecule has 4 N–H and O–H groups in total. The van der Waals surface area contributed by atoms with E-state index in [1.54, 1.807) is 6.20 Å². The number of anilines is 1. The smallest absolute Gasteiger partial charge is 0.241 e. The molecule has 2 heterocycles. The number of carbonyl (C=O) groups excluding carboxylic acids is 1. The van der Waals surface area contributed by atoms with E-state index in [9.17, 15) is 4.79 Å². The molecule has 0 spiro atoms. The zero-order chi connectivity index (χ0) is 12.1. The maximum absolute atomic E-state index is 11.5. The van der Waals surface area contributed by atoms with Crippen LogP contribution in [-0.4, -0.2) is 37.4 Å². The zero-order valence-electron chi connectivity index (χ0n) is 9.13. The normalized spacial score (nSPS) is 10.4. The minimum Gasteiger partial charge on any atom is -0.396 e. The van der Waals surface area contributed by atoms with Gasteiger partial charge in [-0.05, 0) is 0 Å². The van der Waals surface area contributed by atoms with E-state index in [4.69, 9.17) is 5.73 Å². The Morgan fingerprint density at radius 3 is 3.12 bits per heavy atom. The molecule has 0 aromatic carbocycles. The van der Waals surface area contributed by atoms with Gasteiger partial charge in [-0.3, -0.25) is 14.6 Å². The second-order valence-corrected chi connectivity index (χ2v) is 3.50. The van der Waals surface area contributed by atoms with Gasteiger partial charge < -0.3 is 11.1 Å². The number of H-pyrrole nitrogens is 1. The van der Waals surface area contributed by atoms with Crippen LogP contribution in [0.5, 0.6) is 0 Å². The number of nitrogens with two attached hydrogens (primary N) is 1. The van der Waals surface area contributed by atoms with Gasteiger partial charge in [0.1, 0.15) is 18.7 Å². The van der Waals surface area contributed by atoms with Crippen LogP contribution in [0.2, 0.25) is 0 Å². The highest BCUT2D eigenvalue weighted by molar-refractivity contribution is 5.75. The van der Waals surface area contributed by atoms with Gasteiger partial charge in [-0.2, -0.15) is 10.2 Å². The predicted molar refractivity (Wildman–Crippen MR) is 59.7 cm³/mol. The van der Waals surface area contributed by atoms with Gasteiger partial charge in [0.05, 0.1) is 11.9 Å². The van der Waals surface area contributed by atoms with Gasteiger partial charge in [0, 0.05) is 19.2 Å². The molecule has 0 unspecified atom stereocenters. The molecule has 0 aliphatic carbocycles. The van der Waals surface area contributed by atoms with Crippen LogP contribution in [0.1, 0.15) is 5.82 Å². The van der Waals surface area contributed by atoms with Crippen LogP contribution in [0.15, 0.2) is 18.7 Å². The van der Waals surface area contributed by atoms with Gasteiger partial charge in [0.15, 0.2) is 0 Å². The van der Waals surface area contributed by atoms with Crippen LogP contribution >= 0.6 is 0 Å². The number of amides is 1. The fourth-order valence-electron chi connectivity index (χ4n) is 1.34. The largest absolute Gasteiger partial charge is 0.396 e. The maximum atomic E-state index is 11.5. The predicted octanol–water partition coefficient (Wildman–Crippen LogP) is -1.06. The van der Waals surface area contributed by atoms with Crippen LogP contribution in [0.3, 0.4) is 0 Å². The Morgan fingerprint density at radius 2 is 2.47 bits per heavy atom. The minimum absolute atomic E-state index is 0.118. The first-order chi connectivity index (χ1) is 8.24. The Labute approximate surface area is 97.2 Å². The van der Waals surface area contributed by atoms with Crippen molar-refractivity contribution in [3.8, 4) is 0 Å². The lowest BCUT2D eigenvalue weighted by molar-refractivity contribution is -0.121. The fourth-order valence-corrected chi connectivity index (χ4v) is 1.34. The Bertz CT molecular complexity index is 475. The number of nitrogens with one attached hydrogen (secondary N) is 2. The highest BCUT2D eigenvalue weighted by Crippen LogP contribution is 1.96. The van der Waals surface area contributed by atoms with Gasteiger partial charge in [0.2, 0.25) is 5.91 Å². The quantitative estimate of drug-likeness (QED) is 0.611. The Hall–Kier alpha value is -2.38. The molecule has 0 atom stereocenters. The van der Waals surface area contributed by atoms with E-state index in [-0.39, 0.29) is 12.5 Å². The standard InChI is InChI=1S/C9H13N7O/c10-7-3-14-16(4-7)5-9(17)11-2-1-8-12-6-13-15-8/h3-4,6H,1-2,5,10H2,(H,11,17)(H,12,13,15). The third-order valence-corrected chi connectivity index (χ3v) is 2.11. The molecule has 0 aliphatic rings. The Morgan fingerprint density at radius 1 is 1.59 bits per heavy atom. The van der Waals surface area contributed by atoms with E-state index in [2.05, 4.69) is 25.6 Å². The van der Waals surface area contributed by atoms with Crippen LogP contribution < -0.4 is 11.1 Å². The molecular formula is C9H13N7O. The van der Waals surface area contributed by atoms with E-state index in [1.807, 2.05) is 0 Å². The fraction of sp³-hybridized carbons (Fsp3) is 0.333. The maximum Gasteiger partial charge on any atom is 0.241 e. The minimum atomic E-state index is -0.118. The van der Waals surface area contributed by atoms with Crippen molar-refractivity contribution in [1.82, 2.24) is 30.3 Å². The van der Waals surface area contributed by atoms with Crippen molar-refractivity contribution in [3.63, 3.8) is 0 Å². The second-order valence-electron chi connectivity index (χ2n) is 3.50. The van der Waals surface area contributed by atoms with Crippen LogP contribution in [0, 0.1) is 0 Å². The van der Waals surface area contributed by atoms with Crippen LogP contribution in [0.25, 0.3) is 0 Å². The molecule has 0 aliphatic heterocycles. The molecule has 0 radical (unpaired) electrons. The molecule has 2 aromatic heterocycles. The number of hydrogen-bond acceptors (Lipinski definition) is 5. The van der Waals surface area contributed by atoms with Crippen molar-refractivity contribution in [1.29, 1.82) is 0 Å². The second kappa shape index (κ2) is 5.10. The molecule has 8 nitrogen and oxygen atoms in total. The Balaban J connectivity index is 1.71. The van der Waals surface area contributed by atoms with E-state index in [1.165, 1.54) is 17.2 Å². The summed E-state index contributed by atoms with van der Waals surface area (Å²) in [6, 6.07) is 0. The van der Waals surface area contributed by atoms with Crippen LogP contribution in [-0.2, 0) is 17.8 Å². The van der Waals surface area contributed by atoms with Crippen molar-refractivity contribution in [2.45, 2.75) is 13.0 Å². The average Bonchev–Trinajstić information content (AvgIpc) is 2.90. The van der Waals surface area contributed by atoms with Crippen molar-refractivity contribution < 1.29 is 4.79 Å². The first-order valence-electron chi connectivity index (χ1n) is 5.13. The van der Waals surface area contributed by atoms with Gasteiger partial charge >= 0.3 is 0 Å². The van der Waals surface area contributed by atoms with Crippen molar-refractivity contribution in [2.75, 3.05) is 12.3 Å². The van der Waals surface area contributed by atoms with E-state index in [0.717, 1.165) is 5.82 Å². The molecule has 0 saturated carbocycles. The highest BCUT2D eigenvalue weighted by atomic mass is 16.2. The van der Waals surface area contributed by atoms with E-state index >= 15 is 0 Å². The first kappa shape index (κ1) is 11.1. The molecule has 17 heavy (non-hydrogen) atoms. The molecule has 8 heteroatoms. The number of hydrogen-bond donors (Lipinski definition) is 3. The third kappa shape index (κ3) is 3.30. The Kier molecular flexibility index (Phi) is 3.34. The van der Waals surface area contributed by atoms with Crippen LogP contribution in [0.4, 0.5) is 5.69 Å². The van der Waals surface area contributed by atoms with Crippen molar-refractivity contribution in [2.24, 2.45) is 0 Å². The summed E-state index contributed by atoms with van der Waals surface area (Å²) in [7, 11) is 0. The monoisotopic (exact) mass is 235 g/mol. The summed E-state index contributed by atoms with van der Waals surface area (Å²) in [6.07, 6.45) is 5.16. The third-order valence-electron chi connectivity index (χ3n) is 2.11. The summed E-state index contributed by atoms with van der Waals surface area (Å²) in [4.78, 5) is 15.4.